The van der Waals surface area contributed by atoms with Gasteiger partial charge in [0.05, 0.1) is 18.8 Å². The Morgan fingerprint density at radius 2 is 1.44 bits per heavy atom. The van der Waals surface area contributed by atoms with Crippen molar-refractivity contribution in [2.24, 2.45) is 5.92 Å². The molecule has 5 aromatic rings. The summed E-state index contributed by atoms with van der Waals surface area (Å²) in [5.74, 6) is -0.0136. The normalized spacial score (nSPS) is 19.9. The number of hydrogen-bond donors (Lipinski definition) is 2. The van der Waals surface area contributed by atoms with E-state index in [2.05, 4.69) is 97.8 Å². The highest BCUT2D eigenvalue weighted by Crippen LogP contribution is 2.42. The molecule has 0 saturated carbocycles. The van der Waals surface area contributed by atoms with Crippen molar-refractivity contribution in [3.05, 3.63) is 167 Å². The zero-order valence-corrected chi connectivity index (χ0v) is 27.8. The summed E-state index contributed by atoms with van der Waals surface area (Å²) < 4.78 is 13.6. The van der Waals surface area contributed by atoms with Gasteiger partial charge in [0.25, 0.3) is 5.91 Å². The molecular formula is C42H44N2O4. The molecule has 1 fully saturated rings. The summed E-state index contributed by atoms with van der Waals surface area (Å²) in [4.78, 5) is 15.0. The van der Waals surface area contributed by atoms with Gasteiger partial charge in [-0.05, 0) is 71.6 Å². The van der Waals surface area contributed by atoms with Crippen molar-refractivity contribution in [1.82, 2.24) is 10.2 Å². The van der Waals surface area contributed by atoms with E-state index in [1.54, 1.807) is 0 Å². The highest BCUT2D eigenvalue weighted by atomic mass is 16.7. The molecule has 6 heteroatoms. The second kappa shape index (κ2) is 15.5. The second-order valence-electron chi connectivity index (χ2n) is 12.7. The van der Waals surface area contributed by atoms with E-state index >= 15 is 0 Å². The number of ether oxygens (including phenoxy) is 2. The fourth-order valence-corrected chi connectivity index (χ4v) is 6.36. The van der Waals surface area contributed by atoms with Gasteiger partial charge in [0.2, 0.25) is 0 Å². The van der Waals surface area contributed by atoms with Crippen molar-refractivity contribution >= 4 is 5.91 Å². The zero-order valence-electron chi connectivity index (χ0n) is 27.8. The van der Waals surface area contributed by atoms with Gasteiger partial charge in [0, 0.05) is 36.2 Å². The standard InChI is InChI=1S/C42H44N2O4/c1-29-39(27-44(3)30(2)33-13-6-4-7-14-33)47-42(48-40(29)34-22-20-31(28-45)21-23-34)38-19-11-18-37(25-38)36-17-10-12-32(24-36)26-43-41(46)35-15-8-5-9-16-35/h4-25,29-30,39-40,42,45H,26-28H2,1-3H3,(H,43,46). The Hall–Kier alpha value is -4.59. The predicted octanol–water partition coefficient (Wildman–Crippen LogP) is 8.26. The van der Waals surface area contributed by atoms with E-state index in [9.17, 15) is 9.90 Å². The fraction of sp³-hybridized carbons (Fsp3) is 0.262. The Morgan fingerprint density at radius 3 is 2.15 bits per heavy atom. The monoisotopic (exact) mass is 640 g/mol. The molecule has 1 aliphatic heterocycles. The molecule has 1 heterocycles. The fourth-order valence-electron chi connectivity index (χ4n) is 6.36. The van der Waals surface area contributed by atoms with Crippen LogP contribution in [0.1, 0.15) is 70.5 Å². The molecule has 6 rings (SSSR count). The number of carbonyl (C=O) groups is 1. The van der Waals surface area contributed by atoms with Crippen LogP contribution in [0.2, 0.25) is 0 Å². The van der Waals surface area contributed by atoms with Crippen LogP contribution < -0.4 is 5.32 Å². The molecule has 0 spiro atoms. The van der Waals surface area contributed by atoms with Gasteiger partial charge in [0.1, 0.15) is 0 Å². The van der Waals surface area contributed by atoms with Gasteiger partial charge in [0.15, 0.2) is 6.29 Å². The topological polar surface area (TPSA) is 71.0 Å². The molecule has 5 unspecified atom stereocenters. The molecule has 0 bridgehead atoms. The largest absolute Gasteiger partial charge is 0.392 e. The van der Waals surface area contributed by atoms with Gasteiger partial charge in [-0.1, -0.05) is 116 Å². The Balaban J connectivity index is 1.23. The minimum absolute atomic E-state index is 0.00523. The quantitative estimate of drug-likeness (QED) is 0.152. The summed E-state index contributed by atoms with van der Waals surface area (Å²) in [5.41, 5.74) is 7.91. The van der Waals surface area contributed by atoms with Crippen LogP contribution in [0, 0.1) is 5.92 Å². The number of likely N-dealkylation sites (N-methyl/N-ethyl adjacent to an activating group) is 1. The molecule has 5 aromatic carbocycles. The SMILES string of the molecule is CC1C(CN(C)C(C)c2ccccc2)OC(c2cccc(-c3cccc(CNC(=O)c4ccccc4)c3)c2)OC1c1ccc(CO)cc1. The van der Waals surface area contributed by atoms with Crippen LogP contribution >= 0.6 is 0 Å². The maximum Gasteiger partial charge on any atom is 0.251 e. The van der Waals surface area contributed by atoms with Gasteiger partial charge in [-0.15, -0.1) is 0 Å². The molecular weight excluding hydrogens is 596 g/mol. The molecule has 1 saturated heterocycles. The number of nitrogens with one attached hydrogen (secondary N) is 1. The smallest absolute Gasteiger partial charge is 0.251 e. The van der Waals surface area contributed by atoms with Crippen molar-refractivity contribution in [1.29, 1.82) is 0 Å². The van der Waals surface area contributed by atoms with Crippen molar-refractivity contribution in [3.8, 4) is 11.1 Å². The van der Waals surface area contributed by atoms with E-state index in [-0.39, 0.29) is 36.7 Å². The second-order valence-corrected chi connectivity index (χ2v) is 12.7. The lowest BCUT2D eigenvalue weighted by atomic mass is 9.89. The average Bonchev–Trinajstić information content (AvgIpc) is 3.15. The summed E-state index contributed by atoms with van der Waals surface area (Å²) >= 11 is 0. The van der Waals surface area contributed by atoms with E-state index in [0.29, 0.717) is 12.1 Å². The molecule has 1 amide bonds. The maximum absolute atomic E-state index is 12.6. The van der Waals surface area contributed by atoms with Crippen LogP contribution in [0.5, 0.6) is 0 Å². The number of rotatable bonds is 11. The first kappa shape index (κ1) is 33.3. The van der Waals surface area contributed by atoms with Crippen molar-refractivity contribution in [2.45, 2.75) is 51.5 Å². The molecule has 0 aromatic heterocycles. The molecule has 0 radical (unpaired) electrons. The van der Waals surface area contributed by atoms with Crippen molar-refractivity contribution < 1.29 is 19.4 Å². The minimum atomic E-state index is -0.567. The Labute approximate surface area is 284 Å². The predicted molar refractivity (Wildman–Crippen MR) is 190 cm³/mol. The summed E-state index contributed by atoms with van der Waals surface area (Å²) in [6.45, 7) is 5.60. The van der Waals surface area contributed by atoms with Crippen LogP contribution in [0.4, 0.5) is 0 Å². The number of benzene rings is 5. The molecule has 5 atom stereocenters. The van der Waals surface area contributed by atoms with E-state index < -0.39 is 6.29 Å². The molecule has 6 nitrogen and oxygen atoms in total. The highest BCUT2D eigenvalue weighted by molar-refractivity contribution is 5.94. The third-order valence-corrected chi connectivity index (χ3v) is 9.44. The zero-order chi connectivity index (χ0) is 33.5. The van der Waals surface area contributed by atoms with Gasteiger partial charge in [-0.25, -0.2) is 0 Å². The molecule has 0 aliphatic carbocycles. The summed E-state index contributed by atoms with van der Waals surface area (Å²) in [7, 11) is 2.15. The first-order valence-electron chi connectivity index (χ1n) is 16.7. The summed E-state index contributed by atoms with van der Waals surface area (Å²) in [6, 6.07) is 44.7. The summed E-state index contributed by atoms with van der Waals surface area (Å²) in [6.07, 6.45) is -0.854. The third kappa shape index (κ3) is 7.92. The average molecular weight is 641 g/mol. The van der Waals surface area contributed by atoms with Gasteiger partial charge < -0.3 is 19.9 Å². The number of hydrogen-bond acceptors (Lipinski definition) is 5. The Kier molecular flexibility index (Phi) is 10.8. The summed E-state index contributed by atoms with van der Waals surface area (Å²) in [5, 5.41) is 12.7. The van der Waals surface area contributed by atoms with Crippen LogP contribution in [0.3, 0.4) is 0 Å². The van der Waals surface area contributed by atoms with Gasteiger partial charge in [-0.2, -0.15) is 0 Å². The molecule has 48 heavy (non-hydrogen) atoms. The van der Waals surface area contributed by atoms with Crippen LogP contribution in [-0.2, 0) is 22.6 Å². The van der Waals surface area contributed by atoms with E-state index in [0.717, 1.165) is 39.9 Å². The number of carbonyl (C=O) groups excluding carboxylic acids is 1. The van der Waals surface area contributed by atoms with Gasteiger partial charge >= 0.3 is 0 Å². The third-order valence-electron chi connectivity index (χ3n) is 9.44. The first-order valence-corrected chi connectivity index (χ1v) is 16.7. The lowest BCUT2D eigenvalue weighted by Crippen LogP contribution is -2.44. The minimum Gasteiger partial charge on any atom is -0.392 e. The van der Waals surface area contributed by atoms with Crippen molar-refractivity contribution in [3.63, 3.8) is 0 Å². The number of amides is 1. The molecule has 1 aliphatic rings. The van der Waals surface area contributed by atoms with Crippen molar-refractivity contribution in [2.75, 3.05) is 13.6 Å². The van der Waals surface area contributed by atoms with Crippen LogP contribution in [0.25, 0.3) is 11.1 Å². The molecule has 246 valence electrons. The van der Waals surface area contributed by atoms with E-state index in [1.807, 2.05) is 66.7 Å². The van der Waals surface area contributed by atoms with Gasteiger partial charge in [-0.3, -0.25) is 9.69 Å². The molecule has 2 N–H and O–H groups in total. The van der Waals surface area contributed by atoms with Crippen LogP contribution in [0.15, 0.2) is 133 Å². The van der Waals surface area contributed by atoms with Crippen LogP contribution in [-0.4, -0.2) is 35.6 Å². The number of aliphatic hydroxyl groups is 1. The maximum atomic E-state index is 12.6. The number of nitrogens with zero attached hydrogens (tertiary/aromatic N) is 1. The highest BCUT2D eigenvalue weighted by Gasteiger charge is 2.39. The van der Waals surface area contributed by atoms with E-state index in [1.165, 1.54) is 5.56 Å². The van der Waals surface area contributed by atoms with E-state index in [4.69, 9.17) is 9.47 Å². The lowest BCUT2D eigenvalue weighted by molar-refractivity contribution is -0.276. The number of aliphatic hydroxyl groups excluding tert-OH is 1. The Morgan fingerprint density at radius 1 is 0.771 bits per heavy atom. The first-order chi connectivity index (χ1) is 23.4. The Bertz CT molecular complexity index is 1780. The lowest BCUT2D eigenvalue weighted by Gasteiger charge is -2.43.